The lowest BCUT2D eigenvalue weighted by atomic mass is 10.2. The van der Waals surface area contributed by atoms with Gasteiger partial charge < -0.3 is 11.1 Å². The van der Waals surface area contributed by atoms with Crippen LogP contribution in [0.15, 0.2) is 24.3 Å². The molecule has 4 nitrogen and oxygen atoms in total. The van der Waals surface area contributed by atoms with Gasteiger partial charge in [0.1, 0.15) is 17.3 Å². The lowest BCUT2D eigenvalue weighted by molar-refractivity contribution is 0.627. The van der Waals surface area contributed by atoms with Crippen molar-refractivity contribution in [2.75, 3.05) is 11.1 Å². The van der Waals surface area contributed by atoms with E-state index >= 15 is 0 Å². The Labute approximate surface area is 122 Å². The quantitative estimate of drug-likeness (QED) is 0.846. The number of anilines is 2. The summed E-state index contributed by atoms with van der Waals surface area (Å²) >= 11 is 6.00. The molecule has 0 unspecified atom stereocenters. The first kappa shape index (κ1) is 14.5. The highest BCUT2D eigenvalue weighted by molar-refractivity contribution is 6.32. The van der Waals surface area contributed by atoms with Crippen molar-refractivity contribution in [1.82, 2.24) is 9.97 Å². The van der Waals surface area contributed by atoms with Crippen LogP contribution in [-0.2, 0) is 6.54 Å². The minimum absolute atomic E-state index is 0.152. The van der Waals surface area contributed by atoms with Crippen LogP contribution in [-0.4, -0.2) is 9.97 Å². The van der Waals surface area contributed by atoms with Crippen molar-refractivity contribution in [3.05, 3.63) is 46.6 Å². The molecule has 0 bridgehead atoms. The van der Waals surface area contributed by atoms with Crippen molar-refractivity contribution in [2.24, 2.45) is 0 Å². The first-order valence-electron chi connectivity index (χ1n) is 6.28. The van der Waals surface area contributed by atoms with Crippen molar-refractivity contribution in [1.29, 1.82) is 0 Å². The van der Waals surface area contributed by atoms with Gasteiger partial charge in [0.2, 0.25) is 0 Å². The smallest absolute Gasteiger partial charge is 0.157 e. The molecular formula is C14H16ClFN4. The Morgan fingerprint density at radius 1 is 1.25 bits per heavy atom. The van der Waals surface area contributed by atoms with Crippen molar-refractivity contribution in [3.8, 4) is 0 Å². The number of hydrogen-bond donors (Lipinski definition) is 2. The second kappa shape index (κ2) is 6.05. The molecule has 0 aliphatic heterocycles. The summed E-state index contributed by atoms with van der Waals surface area (Å²) in [6.07, 6.45) is 0. The molecule has 0 aliphatic carbocycles. The van der Waals surface area contributed by atoms with Gasteiger partial charge in [0.15, 0.2) is 11.0 Å². The Morgan fingerprint density at radius 3 is 2.50 bits per heavy atom. The van der Waals surface area contributed by atoms with E-state index in [9.17, 15) is 4.39 Å². The number of nitrogens with two attached hydrogens (primary N) is 1. The number of aromatic nitrogens is 2. The summed E-state index contributed by atoms with van der Waals surface area (Å²) in [5.74, 6) is 1.02. The van der Waals surface area contributed by atoms with E-state index in [-0.39, 0.29) is 16.9 Å². The lowest BCUT2D eigenvalue weighted by Crippen LogP contribution is -2.09. The van der Waals surface area contributed by atoms with Crippen LogP contribution < -0.4 is 11.1 Å². The van der Waals surface area contributed by atoms with Crippen LogP contribution in [0.4, 0.5) is 15.9 Å². The fourth-order valence-corrected chi connectivity index (χ4v) is 1.82. The van der Waals surface area contributed by atoms with Crippen LogP contribution in [0.25, 0.3) is 0 Å². The van der Waals surface area contributed by atoms with E-state index in [1.807, 2.05) is 13.8 Å². The van der Waals surface area contributed by atoms with Crippen LogP contribution in [0.2, 0.25) is 5.15 Å². The molecule has 3 N–H and O–H groups in total. The minimum Gasteiger partial charge on any atom is -0.393 e. The third-order valence-corrected chi connectivity index (χ3v) is 3.09. The van der Waals surface area contributed by atoms with E-state index in [1.165, 1.54) is 12.1 Å². The third kappa shape index (κ3) is 3.36. The van der Waals surface area contributed by atoms with Gasteiger partial charge in [-0.25, -0.2) is 14.4 Å². The molecule has 0 saturated carbocycles. The zero-order chi connectivity index (χ0) is 14.7. The molecular weight excluding hydrogens is 279 g/mol. The van der Waals surface area contributed by atoms with Crippen LogP contribution in [0.1, 0.15) is 31.2 Å². The normalized spacial score (nSPS) is 10.8. The minimum atomic E-state index is -0.263. The molecule has 1 aromatic carbocycles. The van der Waals surface area contributed by atoms with E-state index in [4.69, 9.17) is 17.3 Å². The summed E-state index contributed by atoms with van der Waals surface area (Å²) in [5.41, 5.74) is 7.10. The Bertz CT molecular complexity index is 599. The van der Waals surface area contributed by atoms with Crippen LogP contribution in [0.3, 0.4) is 0 Å². The highest BCUT2D eigenvalue weighted by Crippen LogP contribution is 2.26. The summed E-state index contributed by atoms with van der Waals surface area (Å²) in [4.78, 5) is 8.50. The zero-order valence-electron chi connectivity index (χ0n) is 11.3. The van der Waals surface area contributed by atoms with Gasteiger partial charge in [0.05, 0.1) is 0 Å². The standard InChI is InChI=1S/C14H16ClFN4/c1-8(2)13-19-12(15)11(17)14(20-13)18-7-9-3-5-10(16)6-4-9/h3-6,8H,7,17H2,1-2H3,(H,18,19,20). The second-order valence-electron chi connectivity index (χ2n) is 4.77. The van der Waals surface area contributed by atoms with E-state index in [0.29, 0.717) is 23.9 Å². The van der Waals surface area contributed by atoms with Gasteiger partial charge in [-0.15, -0.1) is 0 Å². The SMILES string of the molecule is CC(C)c1nc(Cl)c(N)c(NCc2ccc(F)cc2)n1. The lowest BCUT2D eigenvalue weighted by Gasteiger charge is -2.12. The molecule has 6 heteroatoms. The molecule has 0 aliphatic rings. The molecule has 20 heavy (non-hydrogen) atoms. The summed E-state index contributed by atoms with van der Waals surface area (Å²) in [7, 11) is 0. The molecule has 0 atom stereocenters. The van der Waals surface area contributed by atoms with Gasteiger partial charge in [0.25, 0.3) is 0 Å². The van der Waals surface area contributed by atoms with Gasteiger partial charge in [0, 0.05) is 12.5 Å². The zero-order valence-corrected chi connectivity index (χ0v) is 12.1. The molecule has 0 amide bonds. The molecule has 0 saturated heterocycles. The summed E-state index contributed by atoms with van der Waals surface area (Å²) in [6.45, 7) is 4.44. The second-order valence-corrected chi connectivity index (χ2v) is 5.13. The van der Waals surface area contributed by atoms with Crippen LogP contribution in [0.5, 0.6) is 0 Å². The topological polar surface area (TPSA) is 63.8 Å². The summed E-state index contributed by atoms with van der Waals surface area (Å²) in [6, 6.07) is 6.22. The van der Waals surface area contributed by atoms with E-state index in [1.54, 1.807) is 12.1 Å². The molecule has 1 aromatic heterocycles. The Morgan fingerprint density at radius 2 is 1.90 bits per heavy atom. The number of benzene rings is 1. The van der Waals surface area contributed by atoms with Gasteiger partial charge in [-0.05, 0) is 17.7 Å². The van der Waals surface area contributed by atoms with Gasteiger partial charge in [-0.2, -0.15) is 0 Å². The van der Waals surface area contributed by atoms with E-state index < -0.39 is 0 Å². The average molecular weight is 295 g/mol. The first-order chi connectivity index (χ1) is 9.47. The van der Waals surface area contributed by atoms with Crippen molar-refractivity contribution in [2.45, 2.75) is 26.3 Å². The van der Waals surface area contributed by atoms with Gasteiger partial charge in [-0.1, -0.05) is 37.6 Å². The Balaban J connectivity index is 2.18. The molecule has 1 heterocycles. The van der Waals surface area contributed by atoms with Gasteiger partial charge >= 0.3 is 0 Å². The first-order valence-corrected chi connectivity index (χ1v) is 6.66. The van der Waals surface area contributed by atoms with E-state index in [2.05, 4.69) is 15.3 Å². The highest BCUT2D eigenvalue weighted by Gasteiger charge is 2.12. The molecule has 0 spiro atoms. The molecule has 106 valence electrons. The number of nitrogens with zero attached hydrogens (tertiary/aromatic N) is 2. The number of halogens is 2. The Hall–Kier alpha value is -1.88. The molecule has 0 radical (unpaired) electrons. The molecule has 2 rings (SSSR count). The number of hydrogen-bond acceptors (Lipinski definition) is 4. The van der Waals surface area contributed by atoms with E-state index in [0.717, 1.165) is 5.56 Å². The average Bonchev–Trinajstić information content (AvgIpc) is 2.42. The maximum Gasteiger partial charge on any atom is 0.157 e. The third-order valence-electron chi connectivity index (χ3n) is 2.81. The fraction of sp³-hybridized carbons (Fsp3) is 0.286. The fourth-order valence-electron chi connectivity index (χ4n) is 1.64. The maximum absolute atomic E-state index is 12.8. The largest absolute Gasteiger partial charge is 0.393 e. The summed E-state index contributed by atoms with van der Waals surface area (Å²) < 4.78 is 12.8. The highest BCUT2D eigenvalue weighted by atomic mass is 35.5. The van der Waals surface area contributed by atoms with Crippen molar-refractivity contribution < 1.29 is 4.39 Å². The maximum atomic E-state index is 12.8. The van der Waals surface area contributed by atoms with Crippen LogP contribution in [0, 0.1) is 5.82 Å². The Kier molecular flexibility index (Phi) is 4.39. The predicted octanol–water partition coefficient (Wildman–Crippen LogP) is 3.59. The number of nitrogens with one attached hydrogen (secondary N) is 1. The van der Waals surface area contributed by atoms with Crippen molar-refractivity contribution in [3.63, 3.8) is 0 Å². The predicted molar refractivity (Wildman–Crippen MR) is 79.3 cm³/mol. The molecule has 0 fully saturated rings. The number of nitrogen functional groups attached to an aromatic ring is 1. The molecule has 2 aromatic rings. The van der Waals surface area contributed by atoms with Crippen LogP contribution >= 0.6 is 11.6 Å². The number of rotatable bonds is 4. The van der Waals surface area contributed by atoms with Gasteiger partial charge in [-0.3, -0.25) is 0 Å². The monoisotopic (exact) mass is 294 g/mol. The summed E-state index contributed by atoms with van der Waals surface area (Å²) in [5, 5.41) is 3.34. The van der Waals surface area contributed by atoms with Crippen molar-refractivity contribution >= 4 is 23.1 Å².